The number of aromatic hydroxyl groups is 2. The minimum Gasteiger partial charge on any atom is -0.508 e. The van der Waals surface area contributed by atoms with Crippen LogP contribution in [0.1, 0.15) is 11.1 Å². The standard InChI is InChI=1S/2C7H9NO.C2H4/c2*8-5-6-3-1-2-4-7(6)9;1-2/h2*1-4,9H,5,8H2;1-2H2. The minimum atomic E-state index is 0.278. The van der Waals surface area contributed by atoms with Gasteiger partial charge in [-0.1, -0.05) is 36.4 Å². The van der Waals surface area contributed by atoms with Gasteiger partial charge in [-0.05, 0) is 12.1 Å². The normalized spacial score (nSPS) is 8.70. The molecule has 0 aliphatic carbocycles. The molecular weight excluding hydrogens is 252 g/mol. The predicted octanol–water partition coefficient (Wildman–Crippen LogP) is 2.50. The lowest BCUT2D eigenvalue weighted by Crippen LogP contribution is -1.95. The van der Waals surface area contributed by atoms with Crippen molar-refractivity contribution in [1.82, 2.24) is 0 Å². The molecule has 0 fully saturated rings. The summed E-state index contributed by atoms with van der Waals surface area (Å²) in [5.41, 5.74) is 12.2. The summed E-state index contributed by atoms with van der Waals surface area (Å²) >= 11 is 0. The van der Waals surface area contributed by atoms with Crippen LogP contribution in [0.4, 0.5) is 0 Å². The number of nitrogens with two attached hydrogens (primary N) is 2. The van der Waals surface area contributed by atoms with Crippen LogP contribution in [-0.2, 0) is 13.1 Å². The van der Waals surface area contributed by atoms with Crippen molar-refractivity contribution >= 4 is 0 Å². The second kappa shape index (κ2) is 10.6. The lowest BCUT2D eigenvalue weighted by atomic mass is 10.2. The Hall–Kier alpha value is -2.30. The molecule has 0 radical (unpaired) electrons. The molecular formula is C16H22N2O2. The lowest BCUT2D eigenvalue weighted by Gasteiger charge is -1.97. The zero-order valence-corrected chi connectivity index (χ0v) is 11.5. The summed E-state index contributed by atoms with van der Waals surface area (Å²) in [5, 5.41) is 18.1. The van der Waals surface area contributed by atoms with Crippen LogP contribution in [0.15, 0.2) is 61.7 Å². The van der Waals surface area contributed by atoms with Gasteiger partial charge in [0.25, 0.3) is 0 Å². The zero-order valence-electron chi connectivity index (χ0n) is 11.5. The molecule has 0 amide bonds. The molecule has 0 heterocycles. The Balaban J connectivity index is 0.000000321. The largest absolute Gasteiger partial charge is 0.508 e. The molecule has 0 spiro atoms. The van der Waals surface area contributed by atoms with Crippen LogP contribution in [0, 0.1) is 0 Å². The average Bonchev–Trinajstić information content (AvgIpc) is 2.51. The van der Waals surface area contributed by atoms with Crippen LogP contribution >= 0.6 is 0 Å². The van der Waals surface area contributed by atoms with E-state index < -0.39 is 0 Å². The number of para-hydroxylation sites is 2. The van der Waals surface area contributed by atoms with E-state index in [0.29, 0.717) is 13.1 Å². The van der Waals surface area contributed by atoms with Gasteiger partial charge in [0.05, 0.1) is 0 Å². The topological polar surface area (TPSA) is 92.5 Å². The monoisotopic (exact) mass is 274 g/mol. The summed E-state index contributed by atoms with van der Waals surface area (Å²) in [6.45, 7) is 6.79. The van der Waals surface area contributed by atoms with E-state index in [4.69, 9.17) is 21.7 Å². The van der Waals surface area contributed by atoms with Gasteiger partial charge < -0.3 is 21.7 Å². The van der Waals surface area contributed by atoms with Gasteiger partial charge in [-0.3, -0.25) is 0 Å². The van der Waals surface area contributed by atoms with Crippen molar-refractivity contribution in [3.8, 4) is 11.5 Å². The van der Waals surface area contributed by atoms with Crippen molar-refractivity contribution in [3.05, 3.63) is 72.8 Å². The number of phenolic OH excluding ortho intramolecular Hbond substituents is 2. The van der Waals surface area contributed by atoms with Crippen LogP contribution in [0.25, 0.3) is 0 Å². The van der Waals surface area contributed by atoms with E-state index in [2.05, 4.69) is 13.2 Å². The molecule has 0 aliphatic heterocycles. The Kier molecular flexibility index (Phi) is 9.39. The van der Waals surface area contributed by atoms with Crippen molar-refractivity contribution in [2.24, 2.45) is 11.5 Å². The van der Waals surface area contributed by atoms with E-state index in [1.807, 2.05) is 12.1 Å². The highest BCUT2D eigenvalue weighted by atomic mass is 16.3. The van der Waals surface area contributed by atoms with Crippen molar-refractivity contribution < 1.29 is 10.2 Å². The van der Waals surface area contributed by atoms with Crippen molar-refractivity contribution in [2.45, 2.75) is 13.1 Å². The molecule has 0 atom stereocenters. The van der Waals surface area contributed by atoms with Gasteiger partial charge in [-0.15, -0.1) is 13.2 Å². The van der Waals surface area contributed by atoms with E-state index in [9.17, 15) is 0 Å². The quantitative estimate of drug-likeness (QED) is 0.633. The highest BCUT2D eigenvalue weighted by Crippen LogP contribution is 2.14. The van der Waals surface area contributed by atoms with E-state index in [1.54, 1.807) is 36.4 Å². The molecule has 0 bridgehead atoms. The first-order valence-corrected chi connectivity index (χ1v) is 6.13. The Morgan fingerprint density at radius 1 is 0.700 bits per heavy atom. The number of hydrogen-bond donors (Lipinski definition) is 4. The molecule has 108 valence electrons. The van der Waals surface area contributed by atoms with Crippen molar-refractivity contribution in [1.29, 1.82) is 0 Å². The first-order chi connectivity index (χ1) is 9.69. The molecule has 20 heavy (non-hydrogen) atoms. The maximum atomic E-state index is 9.03. The average molecular weight is 274 g/mol. The first kappa shape index (κ1) is 17.7. The number of phenols is 2. The van der Waals surface area contributed by atoms with Gasteiger partial charge in [-0.25, -0.2) is 0 Å². The first-order valence-electron chi connectivity index (χ1n) is 6.13. The molecule has 0 saturated heterocycles. The van der Waals surface area contributed by atoms with Crippen LogP contribution < -0.4 is 11.5 Å². The van der Waals surface area contributed by atoms with Crippen LogP contribution in [0.3, 0.4) is 0 Å². The number of rotatable bonds is 2. The van der Waals surface area contributed by atoms with Gasteiger partial charge in [0.15, 0.2) is 0 Å². The maximum Gasteiger partial charge on any atom is 0.120 e. The minimum absolute atomic E-state index is 0.278. The zero-order chi connectivity index (χ0) is 15.4. The van der Waals surface area contributed by atoms with Gasteiger partial charge in [-0.2, -0.15) is 0 Å². The highest BCUT2D eigenvalue weighted by molar-refractivity contribution is 5.31. The Morgan fingerprint density at radius 2 is 1.00 bits per heavy atom. The molecule has 4 heteroatoms. The SMILES string of the molecule is C=C.NCc1ccccc1O.NCc1ccccc1O. The van der Waals surface area contributed by atoms with Gasteiger partial charge >= 0.3 is 0 Å². The molecule has 0 aliphatic rings. The van der Waals surface area contributed by atoms with E-state index in [1.165, 1.54) is 0 Å². The molecule has 2 aromatic rings. The van der Waals surface area contributed by atoms with E-state index in [-0.39, 0.29) is 11.5 Å². The smallest absolute Gasteiger partial charge is 0.120 e. The van der Waals surface area contributed by atoms with Crippen molar-refractivity contribution in [3.63, 3.8) is 0 Å². The molecule has 0 saturated carbocycles. The van der Waals surface area contributed by atoms with Crippen molar-refractivity contribution in [2.75, 3.05) is 0 Å². The summed E-state index contributed by atoms with van der Waals surface area (Å²) in [6, 6.07) is 14.1. The summed E-state index contributed by atoms with van der Waals surface area (Å²) in [4.78, 5) is 0. The third kappa shape index (κ3) is 6.04. The summed E-state index contributed by atoms with van der Waals surface area (Å²) < 4.78 is 0. The Labute approximate surface area is 120 Å². The summed E-state index contributed by atoms with van der Waals surface area (Å²) in [6.07, 6.45) is 0. The van der Waals surface area contributed by atoms with E-state index in [0.717, 1.165) is 11.1 Å². The fourth-order valence-electron chi connectivity index (χ4n) is 1.37. The second-order valence-electron chi connectivity index (χ2n) is 3.67. The molecule has 0 aromatic heterocycles. The number of hydrogen-bond acceptors (Lipinski definition) is 4. The molecule has 4 nitrogen and oxygen atoms in total. The molecule has 2 rings (SSSR count). The fourth-order valence-corrected chi connectivity index (χ4v) is 1.37. The Morgan fingerprint density at radius 3 is 1.20 bits per heavy atom. The van der Waals surface area contributed by atoms with Gasteiger partial charge in [0, 0.05) is 24.2 Å². The highest BCUT2D eigenvalue weighted by Gasteiger charge is 1.93. The summed E-state index contributed by atoms with van der Waals surface area (Å²) in [7, 11) is 0. The second-order valence-corrected chi connectivity index (χ2v) is 3.67. The molecule has 6 N–H and O–H groups in total. The predicted molar refractivity (Wildman–Crippen MR) is 83.3 cm³/mol. The van der Waals surface area contributed by atoms with Crippen LogP contribution in [0.5, 0.6) is 11.5 Å². The maximum absolute atomic E-state index is 9.03. The third-order valence-corrected chi connectivity index (χ3v) is 2.42. The van der Waals surface area contributed by atoms with E-state index >= 15 is 0 Å². The number of benzene rings is 2. The van der Waals surface area contributed by atoms with Crippen LogP contribution in [0.2, 0.25) is 0 Å². The lowest BCUT2D eigenvalue weighted by molar-refractivity contribution is 0.468. The van der Waals surface area contributed by atoms with Crippen LogP contribution in [-0.4, -0.2) is 10.2 Å². The summed E-state index contributed by atoms with van der Waals surface area (Å²) in [5.74, 6) is 0.556. The molecule has 2 aromatic carbocycles. The Bertz CT molecular complexity index is 456. The van der Waals surface area contributed by atoms with Gasteiger partial charge in [0.2, 0.25) is 0 Å². The van der Waals surface area contributed by atoms with Gasteiger partial charge in [0.1, 0.15) is 11.5 Å². The third-order valence-electron chi connectivity index (χ3n) is 2.42. The molecule has 0 unspecified atom stereocenters. The fraction of sp³-hybridized carbons (Fsp3) is 0.125.